The van der Waals surface area contributed by atoms with Gasteiger partial charge < -0.3 is 24.0 Å². The number of likely N-dealkylation sites (tertiary alicyclic amines) is 1. The van der Waals surface area contributed by atoms with Crippen LogP contribution in [0.4, 0.5) is 11.4 Å². The molecule has 6 heteroatoms. The van der Waals surface area contributed by atoms with E-state index in [0.717, 1.165) is 39.4 Å². The fourth-order valence-electron chi connectivity index (χ4n) is 6.85. The van der Waals surface area contributed by atoms with Gasteiger partial charge in [0.1, 0.15) is 0 Å². The van der Waals surface area contributed by atoms with Crippen LogP contribution in [-0.4, -0.2) is 83.8 Å². The molecule has 1 aliphatic carbocycles. The minimum absolute atomic E-state index is 0.0862. The van der Waals surface area contributed by atoms with Gasteiger partial charge in [-0.1, -0.05) is 68.7 Å². The predicted molar refractivity (Wildman–Crippen MR) is 155 cm³/mol. The van der Waals surface area contributed by atoms with Crippen LogP contribution in [0.5, 0.6) is 0 Å². The summed E-state index contributed by atoms with van der Waals surface area (Å²) in [5.74, 6) is 0. The second kappa shape index (κ2) is 12.4. The van der Waals surface area contributed by atoms with Crippen molar-refractivity contribution in [1.29, 1.82) is 0 Å². The third-order valence-electron chi connectivity index (χ3n) is 9.20. The van der Waals surface area contributed by atoms with E-state index in [9.17, 15) is 0 Å². The van der Waals surface area contributed by atoms with Crippen molar-refractivity contribution >= 4 is 11.4 Å². The molecule has 2 aromatic rings. The number of para-hydroxylation sites is 2. The number of nitrogens with zero attached hydrogens (tertiary/aromatic N) is 3. The second-order valence-corrected chi connectivity index (χ2v) is 12.0. The van der Waals surface area contributed by atoms with Gasteiger partial charge in [-0.2, -0.15) is 0 Å². The molecule has 0 aromatic heterocycles. The van der Waals surface area contributed by atoms with Gasteiger partial charge in [0.05, 0.1) is 48.9 Å². The molecule has 6 nitrogen and oxygen atoms in total. The molecule has 38 heavy (non-hydrogen) atoms. The number of likely N-dealkylation sites (N-methyl/N-ethyl adjacent to an activating group) is 1. The Bertz CT molecular complexity index is 1000. The number of anilines is 2. The summed E-state index contributed by atoms with van der Waals surface area (Å²) in [6, 6.07) is 20.3. The zero-order valence-corrected chi connectivity index (χ0v) is 23.9. The maximum atomic E-state index is 6.62. The van der Waals surface area contributed by atoms with Gasteiger partial charge in [0.25, 0.3) is 0 Å². The summed E-state index contributed by atoms with van der Waals surface area (Å²) in [6.07, 6.45) is 6.76. The maximum absolute atomic E-state index is 6.62. The lowest BCUT2D eigenvalue weighted by Crippen LogP contribution is -2.51. The molecule has 0 spiro atoms. The minimum Gasteiger partial charge on any atom is -0.379 e. The lowest BCUT2D eigenvalue weighted by molar-refractivity contribution is -0.00461. The lowest BCUT2D eigenvalue weighted by atomic mass is 9.76. The summed E-state index contributed by atoms with van der Waals surface area (Å²) in [4.78, 5) is 7.58. The van der Waals surface area contributed by atoms with E-state index < -0.39 is 0 Å². The summed E-state index contributed by atoms with van der Waals surface area (Å²) in [6.45, 7) is 7.57. The SMILES string of the molecule is COC1CN(C(COCC2(C)CCCCC2)CN2c3ccccc3N(C)CC2c2ccccc2)CC1OC. The molecular formula is C32H47N3O3. The molecule has 0 radical (unpaired) electrons. The Labute approximate surface area is 229 Å². The fourth-order valence-corrected chi connectivity index (χ4v) is 6.85. The van der Waals surface area contributed by atoms with Crippen LogP contribution in [0.2, 0.25) is 0 Å². The molecular weight excluding hydrogens is 474 g/mol. The zero-order valence-electron chi connectivity index (χ0n) is 23.9. The van der Waals surface area contributed by atoms with Gasteiger partial charge >= 0.3 is 0 Å². The molecule has 2 heterocycles. The molecule has 4 atom stereocenters. The van der Waals surface area contributed by atoms with Gasteiger partial charge in [0, 0.05) is 47.4 Å². The van der Waals surface area contributed by atoms with Crippen LogP contribution in [-0.2, 0) is 14.2 Å². The van der Waals surface area contributed by atoms with Crippen LogP contribution >= 0.6 is 0 Å². The van der Waals surface area contributed by atoms with Crippen LogP contribution in [0.25, 0.3) is 0 Å². The van der Waals surface area contributed by atoms with Crippen molar-refractivity contribution in [3.05, 3.63) is 60.2 Å². The average Bonchev–Trinajstić information content (AvgIpc) is 3.38. The largest absolute Gasteiger partial charge is 0.379 e. The number of fused-ring (bicyclic) bond motifs is 1. The molecule has 5 rings (SSSR count). The quantitative estimate of drug-likeness (QED) is 0.418. The van der Waals surface area contributed by atoms with Gasteiger partial charge in [0.15, 0.2) is 0 Å². The van der Waals surface area contributed by atoms with Crippen molar-refractivity contribution in [2.75, 3.05) is 70.5 Å². The summed E-state index contributed by atoms with van der Waals surface area (Å²) in [5, 5.41) is 0. The number of ether oxygens (including phenoxy) is 3. The standard InChI is InChI=1S/C32H47N3O3/c1-32(17-11-6-12-18-32)24-38-23-26(34-21-30(36-3)31(22-34)37-4)19-35-28-16-10-9-15-27(28)33(2)20-29(35)25-13-7-5-8-14-25/h5,7-10,13-16,26,29-31H,6,11-12,17-24H2,1-4H3. The summed E-state index contributed by atoms with van der Waals surface area (Å²) < 4.78 is 18.3. The average molecular weight is 522 g/mol. The molecule has 0 N–H and O–H groups in total. The Hall–Kier alpha value is -2.12. The number of benzene rings is 2. The highest BCUT2D eigenvalue weighted by molar-refractivity contribution is 5.74. The van der Waals surface area contributed by atoms with Crippen molar-refractivity contribution in [2.45, 2.75) is 63.3 Å². The van der Waals surface area contributed by atoms with Crippen LogP contribution in [0, 0.1) is 5.41 Å². The first kappa shape index (κ1) is 27.4. The maximum Gasteiger partial charge on any atom is 0.0971 e. The molecule has 1 saturated heterocycles. The van der Waals surface area contributed by atoms with Crippen LogP contribution in [0.15, 0.2) is 54.6 Å². The normalized spacial score (nSPS) is 26.4. The van der Waals surface area contributed by atoms with Crippen molar-refractivity contribution in [3.8, 4) is 0 Å². The van der Waals surface area contributed by atoms with E-state index in [4.69, 9.17) is 14.2 Å². The monoisotopic (exact) mass is 521 g/mol. The highest BCUT2D eigenvalue weighted by Crippen LogP contribution is 2.41. The van der Waals surface area contributed by atoms with E-state index in [1.807, 2.05) is 0 Å². The Morgan fingerprint density at radius 1 is 0.842 bits per heavy atom. The molecule has 0 bridgehead atoms. The number of methoxy groups -OCH3 is 2. The Balaban J connectivity index is 1.41. The molecule has 2 aliphatic heterocycles. The molecule has 208 valence electrons. The topological polar surface area (TPSA) is 37.4 Å². The van der Waals surface area contributed by atoms with Gasteiger partial charge in [-0.25, -0.2) is 0 Å². The Morgan fingerprint density at radius 3 is 2.13 bits per heavy atom. The summed E-state index contributed by atoms with van der Waals surface area (Å²) in [7, 11) is 5.82. The highest BCUT2D eigenvalue weighted by Gasteiger charge is 2.40. The zero-order chi connectivity index (χ0) is 26.5. The van der Waals surface area contributed by atoms with Crippen LogP contribution in [0.1, 0.15) is 50.6 Å². The summed E-state index contributed by atoms with van der Waals surface area (Å²) in [5.41, 5.74) is 4.25. The Morgan fingerprint density at radius 2 is 1.47 bits per heavy atom. The predicted octanol–water partition coefficient (Wildman–Crippen LogP) is 5.39. The summed E-state index contributed by atoms with van der Waals surface area (Å²) >= 11 is 0. The molecule has 0 amide bonds. The Kier molecular flexibility index (Phi) is 8.94. The van der Waals surface area contributed by atoms with Crippen molar-refractivity contribution < 1.29 is 14.2 Å². The van der Waals surface area contributed by atoms with E-state index in [-0.39, 0.29) is 24.3 Å². The third kappa shape index (κ3) is 6.04. The lowest BCUT2D eigenvalue weighted by Gasteiger charge is -2.46. The third-order valence-corrected chi connectivity index (χ3v) is 9.20. The number of hydrogen-bond acceptors (Lipinski definition) is 6. The van der Waals surface area contributed by atoms with Crippen LogP contribution < -0.4 is 9.80 Å². The van der Waals surface area contributed by atoms with Crippen LogP contribution in [0.3, 0.4) is 0 Å². The van der Waals surface area contributed by atoms with E-state index in [1.165, 1.54) is 49.0 Å². The molecule has 3 aliphatic rings. The second-order valence-electron chi connectivity index (χ2n) is 12.0. The smallest absolute Gasteiger partial charge is 0.0971 e. The highest BCUT2D eigenvalue weighted by atomic mass is 16.5. The van der Waals surface area contributed by atoms with Crippen molar-refractivity contribution in [2.24, 2.45) is 5.41 Å². The van der Waals surface area contributed by atoms with Crippen molar-refractivity contribution in [1.82, 2.24) is 4.90 Å². The van der Waals surface area contributed by atoms with E-state index in [1.54, 1.807) is 14.2 Å². The van der Waals surface area contributed by atoms with Gasteiger partial charge in [-0.15, -0.1) is 0 Å². The van der Waals surface area contributed by atoms with E-state index in [0.29, 0.717) is 5.41 Å². The van der Waals surface area contributed by atoms with Gasteiger partial charge in [0.2, 0.25) is 0 Å². The fraction of sp³-hybridized carbons (Fsp3) is 0.625. The van der Waals surface area contributed by atoms with Crippen molar-refractivity contribution in [3.63, 3.8) is 0 Å². The molecule has 2 aromatic carbocycles. The molecule has 2 fully saturated rings. The van der Waals surface area contributed by atoms with E-state index in [2.05, 4.69) is 83.3 Å². The van der Waals surface area contributed by atoms with Gasteiger partial charge in [-0.3, -0.25) is 4.90 Å². The number of hydrogen-bond donors (Lipinski definition) is 0. The first-order valence-corrected chi connectivity index (χ1v) is 14.5. The number of rotatable bonds is 10. The first-order valence-electron chi connectivity index (χ1n) is 14.5. The minimum atomic E-state index is 0.0862. The first-order chi connectivity index (χ1) is 18.5. The molecule has 1 saturated carbocycles. The van der Waals surface area contributed by atoms with Gasteiger partial charge in [-0.05, 0) is 36.0 Å². The van der Waals surface area contributed by atoms with E-state index >= 15 is 0 Å². The molecule has 4 unspecified atom stereocenters.